The molecule has 6 heteroatoms. The molecule has 142 valence electrons. The predicted molar refractivity (Wildman–Crippen MR) is 110 cm³/mol. The average Bonchev–Trinajstić information content (AvgIpc) is 3.17. The zero-order chi connectivity index (χ0) is 19.7. The molecule has 0 atom stereocenters. The van der Waals surface area contributed by atoms with E-state index in [2.05, 4.69) is 37.1 Å². The normalized spacial score (nSPS) is 11.2. The van der Waals surface area contributed by atoms with Crippen molar-refractivity contribution in [1.29, 1.82) is 0 Å². The fraction of sp³-hybridized carbons (Fsp3) is 0.381. The van der Waals surface area contributed by atoms with Gasteiger partial charge >= 0.3 is 0 Å². The first-order valence-corrected chi connectivity index (χ1v) is 9.91. The smallest absolute Gasteiger partial charge is 0.266 e. The molecule has 0 aliphatic rings. The zero-order valence-electron chi connectivity index (χ0n) is 16.8. The zero-order valence-corrected chi connectivity index (χ0v) is 17.6. The van der Waals surface area contributed by atoms with Crippen LogP contribution in [0.3, 0.4) is 0 Å². The molecule has 2 aromatic heterocycles. The Kier molecular flexibility index (Phi) is 5.46. The molecule has 0 fully saturated rings. The molecular formula is C21H26N4OS. The number of aryl methyl sites for hydroxylation is 4. The van der Waals surface area contributed by atoms with Crippen molar-refractivity contribution in [2.45, 2.75) is 47.2 Å². The largest absolute Gasteiger partial charge is 0.331 e. The van der Waals surface area contributed by atoms with Crippen LogP contribution in [0.15, 0.2) is 30.6 Å². The Bertz CT molecular complexity index is 970. The van der Waals surface area contributed by atoms with E-state index >= 15 is 0 Å². The summed E-state index contributed by atoms with van der Waals surface area (Å²) in [5.74, 6) is 0.0277. The van der Waals surface area contributed by atoms with E-state index in [-0.39, 0.29) is 11.9 Å². The Balaban J connectivity index is 1.92. The third kappa shape index (κ3) is 4.11. The van der Waals surface area contributed by atoms with Crippen molar-refractivity contribution in [3.8, 4) is 10.6 Å². The quantitative estimate of drug-likeness (QED) is 0.652. The summed E-state index contributed by atoms with van der Waals surface area (Å²) in [5, 5.41) is 5.11. The summed E-state index contributed by atoms with van der Waals surface area (Å²) in [5.41, 5.74) is 5.31. The van der Waals surface area contributed by atoms with Gasteiger partial charge in [0.05, 0.1) is 11.9 Å². The Morgan fingerprint density at radius 2 is 2.00 bits per heavy atom. The highest BCUT2D eigenvalue weighted by Gasteiger charge is 2.25. The molecule has 1 aromatic carbocycles. The molecule has 0 unspecified atom stereocenters. The van der Waals surface area contributed by atoms with Gasteiger partial charge in [-0.05, 0) is 40.2 Å². The lowest BCUT2D eigenvalue weighted by molar-refractivity contribution is 0.0694. The number of carbonyl (C=O) groups is 1. The van der Waals surface area contributed by atoms with E-state index in [1.165, 1.54) is 22.5 Å². The van der Waals surface area contributed by atoms with E-state index < -0.39 is 0 Å². The van der Waals surface area contributed by atoms with Crippen molar-refractivity contribution in [2.24, 2.45) is 7.05 Å². The maximum atomic E-state index is 13.3. The standard InChI is InChI=1S/C21H26N4OS/c1-13(2)25(12-17-10-22-24(6)11-17)21(26)19-16(5)23-20(27-19)18-8-7-14(3)9-15(18)4/h7-11,13H,12H2,1-6H3. The highest BCUT2D eigenvalue weighted by molar-refractivity contribution is 7.17. The van der Waals surface area contributed by atoms with Gasteiger partial charge in [-0.15, -0.1) is 11.3 Å². The number of benzene rings is 1. The van der Waals surface area contributed by atoms with Crippen LogP contribution < -0.4 is 0 Å². The first-order valence-electron chi connectivity index (χ1n) is 9.09. The van der Waals surface area contributed by atoms with Crippen LogP contribution in [0.5, 0.6) is 0 Å². The summed E-state index contributed by atoms with van der Waals surface area (Å²) in [6.45, 7) is 10.7. The van der Waals surface area contributed by atoms with Gasteiger partial charge in [0.15, 0.2) is 0 Å². The van der Waals surface area contributed by atoms with Gasteiger partial charge in [-0.3, -0.25) is 9.48 Å². The third-order valence-electron chi connectivity index (χ3n) is 4.60. The molecule has 3 rings (SSSR count). The highest BCUT2D eigenvalue weighted by atomic mass is 32.1. The first-order chi connectivity index (χ1) is 12.8. The van der Waals surface area contributed by atoms with Crippen LogP contribution in [0.25, 0.3) is 10.6 Å². The van der Waals surface area contributed by atoms with Crippen LogP contribution in [0, 0.1) is 20.8 Å². The maximum Gasteiger partial charge on any atom is 0.266 e. The number of nitrogens with zero attached hydrogens (tertiary/aromatic N) is 4. The van der Waals surface area contributed by atoms with E-state index in [1.807, 2.05) is 45.1 Å². The minimum atomic E-state index is 0.0277. The molecule has 0 radical (unpaired) electrons. The second-order valence-electron chi connectivity index (χ2n) is 7.30. The fourth-order valence-corrected chi connectivity index (χ4v) is 4.25. The van der Waals surface area contributed by atoms with E-state index in [0.717, 1.165) is 21.8 Å². The number of amides is 1. The minimum Gasteiger partial charge on any atom is -0.331 e. The molecule has 0 aliphatic heterocycles. The topological polar surface area (TPSA) is 51.0 Å². The Hall–Kier alpha value is -2.47. The monoisotopic (exact) mass is 382 g/mol. The Morgan fingerprint density at radius 3 is 2.59 bits per heavy atom. The van der Waals surface area contributed by atoms with Crippen molar-refractivity contribution < 1.29 is 4.79 Å². The molecule has 3 aromatic rings. The summed E-state index contributed by atoms with van der Waals surface area (Å²) < 4.78 is 1.76. The van der Waals surface area contributed by atoms with Crippen LogP contribution in [0.2, 0.25) is 0 Å². The van der Waals surface area contributed by atoms with Crippen LogP contribution in [0.4, 0.5) is 0 Å². The fourth-order valence-electron chi connectivity index (χ4n) is 3.13. The summed E-state index contributed by atoms with van der Waals surface area (Å²) in [6.07, 6.45) is 3.76. The van der Waals surface area contributed by atoms with Crippen LogP contribution in [0.1, 0.15) is 45.9 Å². The second kappa shape index (κ2) is 7.64. The molecule has 0 N–H and O–H groups in total. The van der Waals surface area contributed by atoms with Gasteiger partial charge in [0.2, 0.25) is 0 Å². The van der Waals surface area contributed by atoms with Gasteiger partial charge in [-0.25, -0.2) is 4.98 Å². The van der Waals surface area contributed by atoms with Crippen LogP contribution in [-0.2, 0) is 13.6 Å². The number of aromatic nitrogens is 3. The van der Waals surface area contributed by atoms with Crippen molar-refractivity contribution >= 4 is 17.2 Å². The molecule has 0 aliphatic carbocycles. The average molecular weight is 383 g/mol. The highest BCUT2D eigenvalue weighted by Crippen LogP contribution is 2.32. The van der Waals surface area contributed by atoms with Gasteiger partial charge in [-0.1, -0.05) is 23.8 Å². The predicted octanol–water partition coefficient (Wildman–Crippen LogP) is 4.52. The van der Waals surface area contributed by atoms with Crippen LogP contribution >= 0.6 is 11.3 Å². The molecule has 0 saturated carbocycles. The molecule has 2 heterocycles. The minimum absolute atomic E-state index is 0.0277. The van der Waals surface area contributed by atoms with E-state index in [4.69, 9.17) is 4.98 Å². The van der Waals surface area contributed by atoms with Crippen molar-refractivity contribution in [1.82, 2.24) is 19.7 Å². The van der Waals surface area contributed by atoms with Crippen molar-refractivity contribution in [2.75, 3.05) is 0 Å². The summed E-state index contributed by atoms with van der Waals surface area (Å²) >= 11 is 1.48. The van der Waals surface area contributed by atoms with E-state index in [1.54, 1.807) is 4.68 Å². The molecular weight excluding hydrogens is 356 g/mol. The van der Waals surface area contributed by atoms with Gasteiger partial charge < -0.3 is 4.90 Å². The van der Waals surface area contributed by atoms with Crippen molar-refractivity contribution in [3.05, 3.63) is 57.9 Å². The molecule has 1 amide bonds. The van der Waals surface area contributed by atoms with Crippen molar-refractivity contribution in [3.63, 3.8) is 0 Å². The summed E-state index contributed by atoms with van der Waals surface area (Å²) in [6, 6.07) is 6.41. The number of thiazole rings is 1. The van der Waals surface area contributed by atoms with Crippen LogP contribution in [-0.4, -0.2) is 31.6 Å². The lowest BCUT2D eigenvalue weighted by Gasteiger charge is -2.26. The first kappa shape index (κ1) is 19.3. The van der Waals surface area contributed by atoms with Gasteiger partial charge in [-0.2, -0.15) is 5.10 Å². The number of rotatable bonds is 5. The summed E-state index contributed by atoms with van der Waals surface area (Å²) in [7, 11) is 1.88. The van der Waals surface area contributed by atoms with Gasteiger partial charge in [0.25, 0.3) is 5.91 Å². The Labute approximate surface area is 164 Å². The summed E-state index contributed by atoms with van der Waals surface area (Å²) in [4.78, 5) is 20.6. The molecule has 5 nitrogen and oxygen atoms in total. The maximum absolute atomic E-state index is 13.3. The number of hydrogen-bond acceptors (Lipinski definition) is 4. The molecule has 0 saturated heterocycles. The number of hydrogen-bond donors (Lipinski definition) is 0. The van der Waals surface area contributed by atoms with Gasteiger partial charge in [0.1, 0.15) is 9.88 Å². The lowest BCUT2D eigenvalue weighted by Crippen LogP contribution is -2.36. The molecule has 0 bridgehead atoms. The van der Waals surface area contributed by atoms with E-state index in [0.29, 0.717) is 11.4 Å². The Morgan fingerprint density at radius 1 is 1.26 bits per heavy atom. The van der Waals surface area contributed by atoms with Gasteiger partial charge in [0, 0.05) is 37.0 Å². The molecule has 0 spiro atoms. The lowest BCUT2D eigenvalue weighted by atomic mass is 10.1. The number of carbonyl (C=O) groups excluding carboxylic acids is 1. The third-order valence-corrected chi connectivity index (χ3v) is 5.78. The molecule has 27 heavy (non-hydrogen) atoms. The second-order valence-corrected chi connectivity index (χ2v) is 8.30. The SMILES string of the molecule is Cc1ccc(-c2nc(C)c(C(=O)N(Cc3cnn(C)c3)C(C)C)s2)c(C)c1. The van der Waals surface area contributed by atoms with E-state index in [9.17, 15) is 4.79 Å².